The van der Waals surface area contributed by atoms with Gasteiger partial charge in [0.05, 0.1) is 37.1 Å². The molecule has 3 aromatic rings. The van der Waals surface area contributed by atoms with Gasteiger partial charge in [-0.05, 0) is 42.8 Å². The van der Waals surface area contributed by atoms with Gasteiger partial charge in [-0.1, -0.05) is 23.5 Å². The molecule has 0 bridgehead atoms. The van der Waals surface area contributed by atoms with Crippen LogP contribution in [0.25, 0.3) is 5.76 Å². The van der Waals surface area contributed by atoms with Gasteiger partial charge >= 0.3 is 17.8 Å². The Morgan fingerprint density at radius 3 is 2.28 bits per heavy atom. The van der Waals surface area contributed by atoms with Crippen molar-refractivity contribution < 1.29 is 43.2 Å². The number of anilines is 1. The van der Waals surface area contributed by atoms with E-state index in [1.807, 2.05) is 0 Å². The summed E-state index contributed by atoms with van der Waals surface area (Å²) in [4.78, 5) is 56.7. The van der Waals surface area contributed by atoms with E-state index in [-0.39, 0.29) is 26.7 Å². The number of esters is 2. The lowest BCUT2D eigenvalue weighted by Gasteiger charge is -2.23. The third-order valence-electron chi connectivity index (χ3n) is 6.27. The van der Waals surface area contributed by atoms with Gasteiger partial charge in [0, 0.05) is 5.56 Å². The first-order chi connectivity index (χ1) is 18.7. The van der Waals surface area contributed by atoms with Gasteiger partial charge in [0.1, 0.15) is 23.9 Å². The standard InChI is InChI=1S/C27H22N2O9S/c1-13-23(26(34)36-3)39-27(28-13)29-20(14-4-6-15(7-5-14)25(33)35-2)19(22(31)24(29)32)21(30)16-8-9-17-18(12-16)38-11-10-37-17/h4-9,12,20,30H,10-11H2,1-3H3. The number of thiazole rings is 1. The molecule has 1 fully saturated rings. The van der Waals surface area contributed by atoms with Crippen molar-refractivity contribution in [1.29, 1.82) is 0 Å². The van der Waals surface area contributed by atoms with Gasteiger partial charge in [0.15, 0.2) is 16.6 Å². The summed E-state index contributed by atoms with van der Waals surface area (Å²) in [5.74, 6) is -2.65. The summed E-state index contributed by atoms with van der Waals surface area (Å²) in [6.07, 6.45) is 0. The molecule has 1 N–H and O–H groups in total. The molecule has 2 aromatic carbocycles. The molecule has 0 saturated carbocycles. The molecule has 0 spiro atoms. The normalized spacial score (nSPS) is 17.7. The first-order valence-corrected chi connectivity index (χ1v) is 12.5. The lowest BCUT2D eigenvalue weighted by molar-refractivity contribution is -0.132. The quantitative estimate of drug-likeness (QED) is 0.217. The molecule has 2 aliphatic heterocycles. The zero-order chi connectivity index (χ0) is 27.8. The minimum Gasteiger partial charge on any atom is -0.507 e. The minimum atomic E-state index is -1.12. The molecule has 1 saturated heterocycles. The fourth-order valence-corrected chi connectivity index (χ4v) is 5.39. The highest BCUT2D eigenvalue weighted by molar-refractivity contribution is 7.17. The first-order valence-electron chi connectivity index (χ1n) is 11.7. The number of nitrogens with zero attached hydrogens (tertiary/aromatic N) is 2. The zero-order valence-electron chi connectivity index (χ0n) is 21.0. The zero-order valence-corrected chi connectivity index (χ0v) is 21.9. The molecular weight excluding hydrogens is 528 g/mol. The van der Waals surface area contributed by atoms with E-state index in [2.05, 4.69) is 4.98 Å². The molecule has 0 aliphatic carbocycles. The second-order valence-corrected chi connectivity index (χ2v) is 9.52. The van der Waals surface area contributed by atoms with Gasteiger partial charge in [-0.25, -0.2) is 14.6 Å². The molecule has 5 rings (SSSR count). The number of aromatic nitrogens is 1. The maximum atomic E-state index is 13.4. The van der Waals surface area contributed by atoms with Crippen molar-refractivity contribution in [2.45, 2.75) is 13.0 Å². The van der Waals surface area contributed by atoms with Gasteiger partial charge in [0.25, 0.3) is 5.78 Å². The number of Topliss-reactive ketones (excluding diaryl/α,β-unsaturated/α-hetero) is 1. The van der Waals surface area contributed by atoms with Crippen LogP contribution in [0.3, 0.4) is 0 Å². The largest absolute Gasteiger partial charge is 0.507 e. The van der Waals surface area contributed by atoms with Gasteiger partial charge in [-0.15, -0.1) is 0 Å². The van der Waals surface area contributed by atoms with Crippen LogP contribution in [0.5, 0.6) is 11.5 Å². The Balaban J connectivity index is 1.68. The third-order valence-corrected chi connectivity index (χ3v) is 7.41. The van der Waals surface area contributed by atoms with E-state index >= 15 is 0 Å². The summed E-state index contributed by atoms with van der Waals surface area (Å²) in [5, 5.41) is 11.5. The maximum absolute atomic E-state index is 13.4. The van der Waals surface area contributed by atoms with Crippen LogP contribution < -0.4 is 14.4 Å². The summed E-state index contributed by atoms with van der Waals surface area (Å²) >= 11 is 0.886. The van der Waals surface area contributed by atoms with Crippen LogP contribution in [0.4, 0.5) is 5.13 Å². The van der Waals surface area contributed by atoms with Gasteiger partial charge in [-0.2, -0.15) is 0 Å². The summed E-state index contributed by atoms with van der Waals surface area (Å²) in [7, 11) is 2.48. The molecular formula is C27H22N2O9S. The number of hydrogen-bond acceptors (Lipinski definition) is 11. The SMILES string of the molecule is COC(=O)c1ccc(C2C(=C(O)c3ccc4c(c3)OCCO4)C(=O)C(=O)N2c2nc(C)c(C(=O)OC)s2)cc1. The lowest BCUT2D eigenvalue weighted by Crippen LogP contribution is -2.29. The summed E-state index contributed by atoms with van der Waals surface area (Å²) < 4.78 is 20.7. The topological polar surface area (TPSA) is 142 Å². The molecule has 1 amide bonds. The van der Waals surface area contributed by atoms with Crippen molar-refractivity contribution in [3.8, 4) is 11.5 Å². The summed E-state index contributed by atoms with van der Waals surface area (Å²) in [6, 6.07) is 9.63. The fourth-order valence-electron chi connectivity index (χ4n) is 4.38. The minimum absolute atomic E-state index is 0.0678. The van der Waals surface area contributed by atoms with Gasteiger partial charge in [-0.3, -0.25) is 14.5 Å². The number of ether oxygens (including phenoxy) is 4. The maximum Gasteiger partial charge on any atom is 0.350 e. The van der Waals surface area contributed by atoms with Crippen molar-refractivity contribution in [3.63, 3.8) is 0 Å². The average Bonchev–Trinajstić information content (AvgIpc) is 3.47. The monoisotopic (exact) mass is 550 g/mol. The molecule has 2 aliphatic rings. The van der Waals surface area contributed by atoms with E-state index < -0.39 is 35.4 Å². The van der Waals surface area contributed by atoms with Crippen LogP contribution in [-0.4, -0.2) is 61.2 Å². The second-order valence-electron chi connectivity index (χ2n) is 8.54. The fraction of sp³-hybridized carbons (Fsp3) is 0.222. The number of carbonyl (C=O) groups is 4. The number of aliphatic hydroxyl groups is 1. The van der Waals surface area contributed by atoms with E-state index in [0.29, 0.717) is 36.0 Å². The number of aryl methyl sites for hydroxylation is 1. The Kier molecular flexibility index (Phi) is 6.79. The van der Waals surface area contributed by atoms with Crippen LogP contribution >= 0.6 is 11.3 Å². The molecule has 0 radical (unpaired) electrons. The van der Waals surface area contributed by atoms with E-state index in [9.17, 15) is 24.3 Å². The second kappa shape index (κ2) is 10.2. The van der Waals surface area contributed by atoms with Crippen LogP contribution in [0, 0.1) is 6.92 Å². The Labute approximate surface area is 226 Å². The number of methoxy groups -OCH3 is 2. The predicted octanol–water partition coefficient (Wildman–Crippen LogP) is 3.42. The highest BCUT2D eigenvalue weighted by Gasteiger charge is 2.48. The number of carbonyl (C=O) groups excluding carboxylic acids is 4. The Morgan fingerprint density at radius 1 is 0.974 bits per heavy atom. The Bertz CT molecular complexity index is 1540. The Morgan fingerprint density at radius 2 is 1.62 bits per heavy atom. The molecule has 39 heavy (non-hydrogen) atoms. The highest BCUT2D eigenvalue weighted by Crippen LogP contribution is 2.44. The van der Waals surface area contributed by atoms with Gasteiger partial charge < -0.3 is 24.1 Å². The first kappa shape index (κ1) is 25.9. The molecule has 12 heteroatoms. The number of rotatable bonds is 5. The van der Waals surface area contributed by atoms with Crippen LogP contribution in [0.15, 0.2) is 48.0 Å². The smallest absolute Gasteiger partial charge is 0.350 e. The molecule has 200 valence electrons. The van der Waals surface area contributed by atoms with E-state index in [0.717, 1.165) is 16.2 Å². The molecule has 1 unspecified atom stereocenters. The van der Waals surface area contributed by atoms with Crippen LogP contribution in [0.1, 0.15) is 42.9 Å². The number of fused-ring (bicyclic) bond motifs is 1. The number of amides is 1. The van der Waals surface area contributed by atoms with Crippen molar-refractivity contribution in [3.05, 3.63) is 75.3 Å². The summed E-state index contributed by atoms with van der Waals surface area (Å²) in [5.41, 5.74) is 1.01. The van der Waals surface area contributed by atoms with Crippen molar-refractivity contribution in [1.82, 2.24) is 4.98 Å². The van der Waals surface area contributed by atoms with Crippen LogP contribution in [0.2, 0.25) is 0 Å². The average molecular weight is 551 g/mol. The lowest BCUT2D eigenvalue weighted by atomic mass is 9.94. The Hall–Kier alpha value is -4.71. The number of hydrogen-bond donors (Lipinski definition) is 1. The number of ketones is 1. The van der Waals surface area contributed by atoms with E-state index in [1.165, 1.54) is 32.4 Å². The number of aliphatic hydroxyl groups excluding tert-OH is 1. The van der Waals surface area contributed by atoms with Crippen molar-refractivity contribution in [2.24, 2.45) is 0 Å². The third kappa shape index (κ3) is 4.48. The highest BCUT2D eigenvalue weighted by atomic mass is 32.1. The van der Waals surface area contributed by atoms with E-state index in [1.54, 1.807) is 31.2 Å². The van der Waals surface area contributed by atoms with Gasteiger partial charge in [0.2, 0.25) is 0 Å². The van der Waals surface area contributed by atoms with E-state index in [4.69, 9.17) is 18.9 Å². The number of benzene rings is 2. The molecule has 1 aromatic heterocycles. The molecule has 1 atom stereocenters. The summed E-state index contributed by atoms with van der Waals surface area (Å²) in [6.45, 7) is 2.28. The molecule has 3 heterocycles. The predicted molar refractivity (Wildman–Crippen MR) is 138 cm³/mol. The van der Waals surface area contributed by atoms with Crippen molar-refractivity contribution in [2.75, 3.05) is 32.3 Å². The van der Waals surface area contributed by atoms with Crippen LogP contribution in [-0.2, 0) is 19.1 Å². The van der Waals surface area contributed by atoms with Crippen molar-refractivity contribution >= 4 is 45.9 Å². The molecule has 11 nitrogen and oxygen atoms in total.